The van der Waals surface area contributed by atoms with Gasteiger partial charge in [0.15, 0.2) is 11.5 Å². The third-order valence-corrected chi connectivity index (χ3v) is 7.06. The summed E-state index contributed by atoms with van der Waals surface area (Å²) in [6, 6.07) is 14.8. The number of hydrogen-bond acceptors (Lipinski definition) is 4. The molecule has 0 aliphatic heterocycles. The number of benzene rings is 2. The molecule has 0 bridgehead atoms. The van der Waals surface area contributed by atoms with Crippen LogP contribution in [0, 0.1) is 27.7 Å². The Labute approximate surface area is 195 Å². The number of aromatic nitrogens is 3. The summed E-state index contributed by atoms with van der Waals surface area (Å²) in [5, 5.41) is 5.38. The second-order valence-electron chi connectivity index (χ2n) is 9.74. The van der Waals surface area contributed by atoms with Crippen molar-refractivity contribution in [2.45, 2.75) is 58.8 Å². The largest absolute Gasteiger partial charge is 0.263 e. The molecule has 0 atom stereocenters. The molecule has 0 unspecified atom stereocenters. The van der Waals surface area contributed by atoms with Gasteiger partial charge in [-0.15, -0.1) is 5.10 Å². The molecule has 2 aromatic heterocycles. The van der Waals surface area contributed by atoms with Gasteiger partial charge < -0.3 is 0 Å². The smallest absolute Gasteiger partial charge is 0.261 e. The minimum atomic E-state index is -3.81. The third kappa shape index (κ3) is 4.37. The van der Waals surface area contributed by atoms with E-state index >= 15 is 0 Å². The quantitative estimate of drug-likeness (QED) is 0.419. The summed E-state index contributed by atoms with van der Waals surface area (Å²) >= 11 is 0. The lowest BCUT2D eigenvalue weighted by atomic mass is 9.91. The maximum absolute atomic E-state index is 13.1. The summed E-state index contributed by atoms with van der Waals surface area (Å²) < 4.78 is 30.7. The van der Waals surface area contributed by atoms with Gasteiger partial charge in [-0.3, -0.25) is 4.72 Å². The molecule has 0 saturated carbocycles. The van der Waals surface area contributed by atoms with Gasteiger partial charge in [0.1, 0.15) is 0 Å². The molecule has 7 heteroatoms. The first-order valence-corrected chi connectivity index (χ1v) is 12.4. The second kappa shape index (κ2) is 7.99. The highest BCUT2D eigenvalue weighted by molar-refractivity contribution is 7.92. The first-order chi connectivity index (χ1) is 15.4. The molecule has 0 fully saturated rings. The number of aryl methyl sites for hydroxylation is 4. The van der Waals surface area contributed by atoms with E-state index in [1.165, 1.54) is 0 Å². The fraction of sp³-hybridized carbons (Fsp3) is 0.308. The molecule has 2 heterocycles. The maximum Gasteiger partial charge on any atom is 0.263 e. The topological polar surface area (TPSA) is 76.9 Å². The van der Waals surface area contributed by atoms with Gasteiger partial charge in [0, 0.05) is 11.1 Å². The predicted octanol–water partition coefficient (Wildman–Crippen LogP) is 5.75. The van der Waals surface area contributed by atoms with Crippen molar-refractivity contribution in [1.29, 1.82) is 0 Å². The number of nitrogens with zero attached hydrogens (tertiary/aromatic N) is 3. The molecule has 172 valence electrons. The van der Waals surface area contributed by atoms with Crippen LogP contribution in [0.25, 0.3) is 16.7 Å². The van der Waals surface area contributed by atoms with E-state index in [-0.39, 0.29) is 16.1 Å². The highest BCUT2D eigenvalue weighted by atomic mass is 32.2. The predicted molar refractivity (Wildman–Crippen MR) is 134 cm³/mol. The van der Waals surface area contributed by atoms with Crippen molar-refractivity contribution in [2.24, 2.45) is 0 Å². The number of anilines is 1. The number of nitrogens with one attached hydrogen (secondary N) is 1. The van der Waals surface area contributed by atoms with E-state index in [0.29, 0.717) is 11.0 Å². The van der Waals surface area contributed by atoms with Crippen LogP contribution in [-0.2, 0) is 15.4 Å². The van der Waals surface area contributed by atoms with Gasteiger partial charge in [-0.1, -0.05) is 56.2 Å². The molecule has 0 saturated heterocycles. The Balaban J connectivity index is 1.94. The molecule has 1 N–H and O–H groups in total. The van der Waals surface area contributed by atoms with Crippen molar-refractivity contribution in [3.05, 3.63) is 76.5 Å². The highest BCUT2D eigenvalue weighted by Crippen LogP contribution is 2.32. The van der Waals surface area contributed by atoms with E-state index < -0.39 is 10.0 Å². The van der Waals surface area contributed by atoms with Gasteiger partial charge >= 0.3 is 0 Å². The van der Waals surface area contributed by atoms with Gasteiger partial charge in [-0.05, 0) is 63.1 Å². The minimum absolute atomic E-state index is 0.164. The molecule has 0 spiro atoms. The fourth-order valence-electron chi connectivity index (χ4n) is 4.06. The molecular weight excluding hydrogens is 432 g/mol. The molecule has 0 aliphatic carbocycles. The van der Waals surface area contributed by atoms with Crippen molar-refractivity contribution < 1.29 is 8.42 Å². The standard InChI is InChI=1S/C26H30N4O2S/c1-16-8-10-20(11-9-16)33(31,32)29-24-21-12-13-22(26(5,6)7)27-25(21)30(28-24)23-18(3)14-17(2)15-19(23)4/h8-15H,1-7H3,(H,28,29). The summed E-state index contributed by atoms with van der Waals surface area (Å²) in [6.07, 6.45) is 0. The molecule has 0 radical (unpaired) electrons. The normalized spacial score (nSPS) is 12.3. The Morgan fingerprint density at radius 1 is 0.848 bits per heavy atom. The summed E-state index contributed by atoms with van der Waals surface area (Å²) in [4.78, 5) is 5.12. The van der Waals surface area contributed by atoms with Gasteiger partial charge in [-0.25, -0.2) is 18.1 Å². The third-order valence-electron chi connectivity index (χ3n) is 5.71. The number of hydrogen-bond donors (Lipinski definition) is 1. The molecule has 33 heavy (non-hydrogen) atoms. The summed E-state index contributed by atoms with van der Waals surface area (Å²) in [6.45, 7) is 14.4. The van der Waals surface area contributed by atoms with Crippen LogP contribution in [0.3, 0.4) is 0 Å². The minimum Gasteiger partial charge on any atom is -0.261 e. The van der Waals surface area contributed by atoms with Crippen molar-refractivity contribution in [2.75, 3.05) is 4.72 Å². The van der Waals surface area contributed by atoms with Crippen LogP contribution in [0.1, 0.15) is 48.7 Å². The first kappa shape index (κ1) is 23.0. The van der Waals surface area contributed by atoms with E-state index in [0.717, 1.165) is 33.6 Å². The zero-order valence-corrected chi connectivity index (χ0v) is 21.0. The average molecular weight is 463 g/mol. The van der Waals surface area contributed by atoms with E-state index in [2.05, 4.69) is 44.5 Å². The summed E-state index contributed by atoms with van der Waals surface area (Å²) in [7, 11) is -3.81. The van der Waals surface area contributed by atoms with Crippen molar-refractivity contribution in [3.63, 3.8) is 0 Å². The Hall–Kier alpha value is -3.19. The maximum atomic E-state index is 13.1. The molecule has 6 nitrogen and oxygen atoms in total. The lowest BCUT2D eigenvalue weighted by Gasteiger charge is -2.18. The van der Waals surface area contributed by atoms with E-state index in [1.807, 2.05) is 32.9 Å². The van der Waals surface area contributed by atoms with E-state index in [9.17, 15) is 8.42 Å². The van der Waals surface area contributed by atoms with Gasteiger partial charge in [-0.2, -0.15) is 0 Å². The molecule has 4 rings (SSSR count). The number of fused-ring (bicyclic) bond motifs is 1. The van der Waals surface area contributed by atoms with Crippen LogP contribution in [0.15, 0.2) is 53.4 Å². The lowest BCUT2D eigenvalue weighted by Crippen LogP contribution is -2.14. The Morgan fingerprint density at radius 3 is 2.03 bits per heavy atom. The van der Waals surface area contributed by atoms with Crippen molar-refractivity contribution >= 4 is 26.9 Å². The van der Waals surface area contributed by atoms with Crippen molar-refractivity contribution in [1.82, 2.24) is 14.8 Å². The Bertz CT molecular complexity index is 1440. The molecule has 2 aromatic carbocycles. The SMILES string of the molecule is Cc1ccc(S(=O)(=O)Nc2nn(-c3c(C)cc(C)cc3C)c3nc(C(C)(C)C)ccc23)cc1. The number of rotatable bonds is 4. The van der Waals surface area contributed by atoms with E-state index in [1.54, 1.807) is 28.9 Å². The number of sulfonamides is 1. The lowest BCUT2D eigenvalue weighted by molar-refractivity contribution is 0.570. The van der Waals surface area contributed by atoms with Gasteiger partial charge in [0.25, 0.3) is 10.0 Å². The second-order valence-corrected chi connectivity index (χ2v) is 11.4. The van der Waals surface area contributed by atoms with Gasteiger partial charge in [0.2, 0.25) is 0 Å². The van der Waals surface area contributed by atoms with Crippen molar-refractivity contribution in [3.8, 4) is 5.69 Å². The Morgan fingerprint density at radius 2 is 1.45 bits per heavy atom. The molecular formula is C26H30N4O2S. The first-order valence-electron chi connectivity index (χ1n) is 10.9. The van der Waals surface area contributed by atoms with Crippen LogP contribution in [0.2, 0.25) is 0 Å². The summed E-state index contributed by atoms with van der Waals surface area (Å²) in [5.41, 5.74) is 6.53. The monoisotopic (exact) mass is 462 g/mol. The van der Waals surface area contributed by atoms with Crippen LogP contribution in [-0.4, -0.2) is 23.2 Å². The van der Waals surface area contributed by atoms with Crippen LogP contribution < -0.4 is 4.72 Å². The Kier molecular flexibility index (Phi) is 5.56. The van der Waals surface area contributed by atoms with Gasteiger partial charge in [0.05, 0.1) is 16.0 Å². The average Bonchev–Trinajstić information content (AvgIpc) is 3.04. The highest BCUT2D eigenvalue weighted by Gasteiger charge is 2.24. The van der Waals surface area contributed by atoms with Crippen LogP contribution >= 0.6 is 0 Å². The van der Waals surface area contributed by atoms with Crippen LogP contribution in [0.4, 0.5) is 5.82 Å². The van der Waals surface area contributed by atoms with E-state index in [4.69, 9.17) is 10.1 Å². The zero-order valence-electron chi connectivity index (χ0n) is 20.2. The molecule has 0 amide bonds. The fourth-order valence-corrected chi connectivity index (χ4v) is 5.07. The zero-order chi connectivity index (χ0) is 24.1. The van der Waals surface area contributed by atoms with Crippen LogP contribution in [0.5, 0.6) is 0 Å². The molecule has 4 aromatic rings. The number of pyridine rings is 1. The summed E-state index contributed by atoms with van der Waals surface area (Å²) in [5.74, 6) is 0.262. The molecule has 0 aliphatic rings.